The molecule has 25 heavy (non-hydrogen) atoms. The molecule has 0 aliphatic carbocycles. The summed E-state index contributed by atoms with van der Waals surface area (Å²) in [4.78, 5) is 20.5. The minimum absolute atomic E-state index is 0.108. The summed E-state index contributed by atoms with van der Waals surface area (Å²) in [7, 11) is 0. The second-order valence-electron chi connectivity index (χ2n) is 5.52. The number of carbonyl (C=O) groups is 1. The van der Waals surface area contributed by atoms with Crippen LogP contribution in [0.3, 0.4) is 0 Å². The summed E-state index contributed by atoms with van der Waals surface area (Å²) in [5, 5.41) is 12.9. The summed E-state index contributed by atoms with van der Waals surface area (Å²) < 4.78 is 0. The monoisotopic (exact) mass is 353 g/mol. The number of benzene rings is 2. The van der Waals surface area contributed by atoms with Gasteiger partial charge in [-0.3, -0.25) is 4.79 Å². The lowest BCUT2D eigenvalue weighted by molar-refractivity contribution is -0.116. The number of aromatic hydroxyl groups is 1. The van der Waals surface area contributed by atoms with Crippen molar-refractivity contribution >= 4 is 23.2 Å². The number of phenolic OH excluding ortho intramolecular Hbond substituents is 1. The maximum Gasteiger partial charge on any atom is 0.224 e. The molecular formula is C19H16ClN3O2. The SMILES string of the molecule is O=C(CCc1ccc(Cl)cc1)Nc1cnc(-c2cccc(O)c2)nc1. The van der Waals surface area contributed by atoms with Gasteiger partial charge in [0.1, 0.15) is 5.75 Å². The van der Waals surface area contributed by atoms with E-state index in [9.17, 15) is 9.90 Å². The number of hydrogen-bond acceptors (Lipinski definition) is 4. The molecule has 5 nitrogen and oxygen atoms in total. The number of halogens is 1. The Morgan fingerprint density at radius 2 is 1.80 bits per heavy atom. The van der Waals surface area contributed by atoms with Crippen molar-refractivity contribution in [1.29, 1.82) is 0 Å². The molecule has 0 unspecified atom stereocenters. The predicted octanol–water partition coefficient (Wildman–Crippen LogP) is 4.07. The molecule has 0 spiro atoms. The van der Waals surface area contributed by atoms with Crippen LogP contribution >= 0.6 is 11.6 Å². The Hall–Kier alpha value is -2.92. The van der Waals surface area contributed by atoms with Crippen molar-refractivity contribution < 1.29 is 9.90 Å². The number of amides is 1. The van der Waals surface area contributed by atoms with E-state index in [0.29, 0.717) is 34.9 Å². The highest BCUT2D eigenvalue weighted by Crippen LogP contribution is 2.20. The highest BCUT2D eigenvalue weighted by Gasteiger charge is 2.06. The van der Waals surface area contributed by atoms with E-state index in [4.69, 9.17) is 11.6 Å². The number of anilines is 1. The summed E-state index contributed by atoms with van der Waals surface area (Å²) >= 11 is 5.84. The van der Waals surface area contributed by atoms with Gasteiger partial charge in [-0.1, -0.05) is 35.9 Å². The van der Waals surface area contributed by atoms with Crippen molar-refractivity contribution in [2.24, 2.45) is 0 Å². The first kappa shape index (κ1) is 16.9. The lowest BCUT2D eigenvalue weighted by Crippen LogP contribution is -2.12. The van der Waals surface area contributed by atoms with Crippen LogP contribution in [0, 0.1) is 0 Å². The van der Waals surface area contributed by atoms with E-state index in [1.807, 2.05) is 24.3 Å². The average Bonchev–Trinajstić information content (AvgIpc) is 2.62. The maximum atomic E-state index is 12.0. The highest BCUT2D eigenvalue weighted by atomic mass is 35.5. The lowest BCUT2D eigenvalue weighted by Gasteiger charge is -2.06. The fourth-order valence-electron chi connectivity index (χ4n) is 2.32. The Morgan fingerprint density at radius 3 is 2.48 bits per heavy atom. The molecule has 0 fully saturated rings. The van der Waals surface area contributed by atoms with E-state index < -0.39 is 0 Å². The standard InChI is InChI=1S/C19H16ClN3O2/c20-15-7-4-13(5-8-15)6-9-18(25)23-16-11-21-19(22-12-16)14-2-1-3-17(24)10-14/h1-5,7-8,10-12,24H,6,9H2,(H,23,25). The molecule has 1 aromatic heterocycles. The van der Waals surface area contributed by atoms with Crippen LogP contribution in [-0.2, 0) is 11.2 Å². The number of hydrogen-bond donors (Lipinski definition) is 2. The van der Waals surface area contributed by atoms with Crippen LogP contribution in [0.25, 0.3) is 11.4 Å². The van der Waals surface area contributed by atoms with Gasteiger partial charge < -0.3 is 10.4 Å². The van der Waals surface area contributed by atoms with Crippen molar-refractivity contribution in [2.75, 3.05) is 5.32 Å². The number of aromatic nitrogens is 2. The molecule has 1 heterocycles. The van der Waals surface area contributed by atoms with Crippen LogP contribution in [-0.4, -0.2) is 21.0 Å². The molecule has 0 bridgehead atoms. The van der Waals surface area contributed by atoms with Crippen molar-refractivity contribution in [1.82, 2.24) is 9.97 Å². The third kappa shape index (κ3) is 4.78. The normalized spacial score (nSPS) is 10.4. The van der Waals surface area contributed by atoms with Gasteiger partial charge in [0.05, 0.1) is 18.1 Å². The smallest absolute Gasteiger partial charge is 0.224 e. The molecule has 0 saturated heterocycles. The molecule has 6 heteroatoms. The number of carbonyl (C=O) groups excluding carboxylic acids is 1. The second kappa shape index (κ2) is 7.77. The zero-order valence-electron chi connectivity index (χ0n) is 13.3. The predicted molar refractivity (Wildman–Crippen MR) is 97.5 cm³/mol. The molecule has 1 amide bonds. The van der Waals surface area contributed by atoms with Gasteiger partial charge in [-0.05, 0) is 36.2 Å². The summed E-state index contributed by atoms with van der Waals surface area (Å²) in [5.41, 5.74) is 2.29. The Labute approximate surface area is 150 Å². The largest absolute Gasteiger partial charge is 0.508 e. The fourth-order valence-corrected chi connectivity index (χ4v) is 2.45. The molecular weight excluding hydrogens is 338 g/mol. The van der Waals surface area contributed by atoms with Crippen molar-refractivity contribution in [2.45, 2.75) is 12.8 Å². The molecule has 0 radical (unpaired) electrons. The number of phenols is 1. The number of rotatable bonds is 5. The molecule has 2 N–H and O–H groups in total. The Bertz CT molecular complexity index is 865. The van der Waals surface area contributed by atoms with E-state index in [1.54, 1.807) is 36.7 Å². The maximum absolute atomic E-state index is 12.0. The molecule has 3 aromatic rings. The lowest BCUT2D eigenvalue weighted by atomic mass is 10.1. The average molecular weight is 354 g/mol. The Balaban J connectivity index is 1.57. The van der Waals surface area contributed by atoms with Crippen LogP contribution in [0.15, 0.2) is 60.9 Å². The van der Waals surface area contributed by atoms with Gasteiger partial charge in [0.25, 0.3) is 0 Å². The topological polar surface area (TPSA) is 75.1 Å². The number of aryl methyl sites for hydroxylation is 1. The summed E-state index contributed by atoms with van der Waals surface area (Å²) in [6, 6.07) is 14.1. The van der Waals surface area contributed by atoms with Gasteiger partial charge in [0, 0.05) is 17.0 Å². The van der Waals surface area contributed by atoms with Gasteiger partial charge in [-0.15, -0.1) is 0 Å². The molecule has 2 aromatic carbocycles. The first-order valence-electron chi connectivity index (χ1n) is 7.76. The quantitative estimate of drug-likeness (QED) is 0.725. The molecule has 0 aliphatic heterocycles. The molecule has 126 valence electrons. The second-order valence-corrected chi connectivity index (χ2v) is 5.96. The zero-order valence-corrected chi connectivity index (χ0v) is 14.1. The molecule has 0 atom stereocenters. The minimum Gasteiger partial charge on any atom is -0.508 e. The van der Waals surface area contributed by atoms with Crippen molar-refractivity contribution in [3.8, 4) is 17.1 Å². The Morgan fingerprint density at radius 1 is 1.08 bits per heavy atom. The van der Waals surface area contributed by atoms with Crippen LogP contribution in [0.5, 0.6) is 5.75 Å². The summed E-state index contributed by atoms with van der Waals surface area (Å²) in [6.07, 6.45) is 4.08. The summed E-state index contributed by atoms with van der Waals surface area (Å²) in [6.45, 7) is 0. The van der Waals surface area contributed by atoms with E-state index >= 15 is 0 Å². The van der Waals surface area contributed by atoms with Crippen LogP contribution in [0.1, 0.15) is 12.0 Å². The van der Waals surface area contributed by atoms with E-state index in [-0.39, 0.29) is 11.7 Å². The van der Waals surface area contributed by atoms with Gasteiger partial charge in [0.2, 0.25) is 5.91 Å². The number of nitrogens with zero attached hydrogens (tertiary/aromatic N) is 2. The van der Waals surface area contributed by atoms with Crippen molar-refractivity contribution in [3.63, 3.8) is 0 Å². The van der Waals surface area contributed by atoms with E-state index in [2.05, 4.69) is 15.3 Å². The first-order valence-corrected chi connectivity index (χ1v) is 8.14. The third-order valence-corrected chi connectivity index (χ3v) is 3.85. The van der Waals surface area contributed by atoms with Gasteiger partial charge in [-0.2, -0.15) is 0 Å². The zero-order chi connectivity index (χ0) is 17.6. The number of nitrogens with one attached hydrogen (secondary N) is 1. The van der Waals surface area contributed by atoms with Crippen LogP contribution in [0.2, 0.25) is 5.02 Å². The Kier molecular flexibility index (Phi) is 5.26. The third-order valence-electron chi connectivity index (χ3n) is 3.59. The fraction of sp³-hybridized carbons (Fsp3) is 0.105. The van der Waals surface area contributed by atoms with E-state index in [1.165, 1.54) is 0 Å². The first-order chi connectivity index (χ1) is 12.1. The summed E-state index contributed by atoms with van der Waals surface area (Å²) in [5.74, 6) is 0.527. The van der Waals surface area contributed by atoms with Gasteiger partial charge in [-0.25, -0.2) is 9.97 Å². The van der Waals surface area contributed by atoms with Gasteiger partial charge in [0.15, 0.2) is 5.82 Å². The van der Waals surface area contributed by atoms with Crippen LogP contribution in [0.4, 0.5) is 5.69 Å². The van der Waals surface area contributed by atoms with E-state index in [0.717, 1.165) is 5.56 Å². The molecule has 0 aliphatic rings. The minimum atomic E-state index is -0.108. The van der Waals surface area contributed by atoms with Gasteiger partial charge >= 0.3 is 0 Å². The highest BCUT2D eigenvalue weighted by molar-refractivity contribution is 6.30. The van der Waals surface area contributed by atoms with Crippen molar-refractivity contribution in [3.05, 3.63) is 71.5 Å². The molecule has 3 rings (SSSR count). The molecule has 0 saturated carbocycles. The van der Waals surface area contributed by atoms with Crippen LogP contribution < -0.4 is 5.32 Å².